The van der Waals surface area contributed by atoms with Gasteiger partial charge in [-0.2, -0.15) is 0 Å². The van der Waals surface area contributed by atoms with E-state index in [9.17, 15) is 4.79 Å². The lowest BCUT2D eigenvalue weighted by atomic mass is 9.99. The summed E-state index contributed by atoms with van der Waals surface area (Å²) in [5.74, 6) is 1.94. The van der Waals surface area contributed by atoms with Gasteiger partial charge in [-0.1, -0.05) is 6.07 Å². The third-order valence-electron chi connectivity index (χ3n) is 4.54. The van der Waals surface area contributed by atoms with Crippen LogP contribution >= 0.6 is 11.3 Å². The number of carbonyl (C=O) groups excluding carboxylic acids is 1. The van der Waals surface area contributed by atoms with E-state index in [0.29, 0.717) is 19.1 Å². The second-order valence-electron chi connectivity index (χ2n) is 6.62. The number of rotatable bonds is 6. The molecule has 140 valence electrons. The van der Waals surface area contributed by atoms with Gasteiger partial charge in [-0.15, -0.1) is 11.3 Å². The van der Waals surface area contributed by atoms with Crippen LogP contribution in [0.15, 0.2) is 36.4 Å². The molecule has 1 N–H and O–H groups in total. The van der Waals surface area contributed by atoms with Crippen LogP contribution < -0.4 is 14.8 Å². The molecule has 0 aliphatic carbocycles. The summed E-state index contributed by atoms with van der Waals surface area (Å²) in [6, 6.07) is 11.8. The van der Waals surface area contributed by atoms with Gasteiger partial charge < -0.3 is 19.7 Å². The van der Waals surface area contributed by atoms with Crippen LogP contribution in [-0.2, 0) is 6.54 Å². The Bertz CT molecular complexity index is 731. The van der Waals surface area contributed by atoms with Crippen molar-refractivity contribution in [2.75, 3.05) is 26.8 Å². The summed E-state index contributed by atoms with van der Waals surface area (Å²) in [4.78, 5) is 16.8. The van der Waals surface area contributed by atoms with Crippen molar-refractivity contribution >= 4 is 17.4 Å². The smallest absolute Gasteiger partial charge is 0.317 e. The number of piperidine rings is 1. The summed E-state index contributed by atoms with van der Waals surface area (Å²) in [6.45, 7) is 4.83. The van der Waals surface area contributed by atoms with Crippen LogP contribution in [0.5, 0.6) is 11.5 Å². The first-order valence-corrected chi connectivity index (χ1v) is 9.80. The van der Waals surface area contributed by atoms with Crippen molar-refractivity contribution in [3.63, 3.8) is 0 Å². The average molecular weight is 375 g/mol. The largest absolute Gasteiger partial charge is 0.497 e. The number of hydrogen-bond acceptors (Lipinski definition) is 4. The molecule has 0 radical (unpaired) electrons. The first kappa shape index (κ1) is 18.6. The number of nitrogens with zero attached hydrogens (tertiary/aromatic N) is 1. The van der Waals surface area contributed by atoms with Gasteiger partial charge in [0.05, 0.1) is 20.3 Å². The van der Waals surface area contributed by atoms with E-state index in [-0.39, 0.29) is 6.03 Å². The van der Waals surface area contributed by atoms with E-state index in [4.69, 9.17) is 9.47 Å². The highest BCUT2D eigenvalue weighted by molar-refractivity contribution is 7.11. The van der Waals surface area contributed by atoms with E-state index in [1.165, 1.54) is 9.75 Å². The molecule has 6 heteroatoms. The Morgan fingerprint density at radius 3 is 2.92 bits per heavy atom. The van der Waals surface area contributed by atoms with Gasteiger partial charge in [-0.25, -0.2) is 4.79 Å². The quantitative estimate of drug-likeness (QED) is 0.829. The minimum absolute atomic E-state index is 0.0159. The minimum atomic E-state index is 0.0159. The van der Waals surface area contributed by atoms with Crippen LogP contribution in [0.25, 0.3) is 0 Å². The van der Waals surface area contributed by atoms with Gasteiger partial charge >= 0.3 is 6.03 Å². The number of hydrogen-bond donors (Lipinski definition) is 1. The third-order valence-corrected chi connectivity index (χ3v) is 5.54. The first-order valence-electron chi connectivity index (χ1n) is 8.99. The molecule has 2 amide bonds. The van der Waals surface area contributed by atoms with E-state index in [1.807, 2.05) is 29.2 Å². The molecule has 26 heavy (non-hydrogen) atoms. The van der Waals surface area contributed by atoms with Crippen molar-refractivity contribution in [3.8, 4) is 11.5 Å². The van der Waals surface area contributed by atoms with Gasteiger partial charge in [0, 0.05) is 34.8 Å². The lowest BCUT2D eigenvalue weighted by Crippen LogP contribution is -2.46. The van der Waals surface area contributed by atoms with E-state index in [2.05, 4.69) is 24.4 Å². The number of benzene rings is 1. The number of carbonyl (C=O) groups is 1. The molecule has 1 fully saturated rings. The highest BCUT2D eigenvalue weighted by atomic mass is 32.1. The Morgan fingerprint density at radius 1 is 1.31 bits per heavy atom. The number of thiophene rings is 1. The van der Waals surface area contributed by atoms with Crippen molar-refractivity contribution < 1.29 is 14.3 Å². The predicted molar refractivity (Wildman–Crippen MR) is 104 cm³/mol. The molecule has 1 saturated heterocycles. The molecule has 0 saturated carbocycles. The van der Waals surface area contributed by atoms with Crippen molar-refractivity contribution in [2.24, 2.45) is 5.92 Å². The number of ether oxygens (including phenoxy) is 2. The standard InChI is InChI=1S/C20H26N2O3S/c1-15-8-9-19(26-15)12-21-20(23)22-10-4-5-16(13-22)14-25-18-7-3-6-17(11-18)24-2/h3,6-9,11,16H,4-5,10,12-14H2,1-2H3,(H,21,23). The van der Waals surface area contributed by atoms with Crippen molar-refractivity contribution in [1.82, 2.24) is 10.2 Å². The molecule has 0 spiro atoms. The zero-order valence-electron chi connectivity index (χ0n) is 15.4. The first-order chi connectivity index (χ1) is 12.6. The molecular formula is C20H26N2O3S. The Morgan fingerprint density at radius 2 is 2.15 bits per heavy atom. The minimum Gasteiger partial charge on any atom is -0.497 e. The van der Waals surface area contributed by atoms with Crippen LogP contribution in [0, 0.1) is 12.8 Å². The SMILES string of the molecule is COc1cccc(OCC2CCCN(C(=O)NCc3ccc(C)s3)C2)c1. The van der Waals surface area contributed by atoms with E-state index < -0.39 is 0 Å². The number of aryl methyl sites for hydroxylation is 1. The van der Waals surface area contributed by atoms with E-state index in [1.54, 1.807) is 18.4 Å². The highest BCUT2D eigenvalue weighted by Crippen LogP contribution is 2.22. The summed E-state index contributed by atoms with van der Waals surface area (Å²) in [5, 5.41) is 3.03. The van der Waals surface area contributed by atoms with E-state index in [0.717, 1.165) is 37.4 Å². The average Bonchev–Trinajstić information content (AvgIpc) is 3.10. The number of nitrogens with one attached hydrogen (secondary N) is 1. The summed E-state index contributed by atoms with van der Waals surface area (Å²) < 4.78 is 11.1. The van der Waals surface area contributed by atoms with Crippen LogP contribution in [0.3, 0.4) is 0 Å². The monoisotopic (exact) mass is 374 g/mol. The summed E-state index contributed by atoms with van der Waals surface area (Å²) >= 11 is 1.72. The molecule has 1 aromatic heterocycles. The third kappa shape index (κ3) is 5.14. The van der Waals surface area contributed by atoms with Crippen LogP contribution in [0.4, 0.5) is 4.79 Å². The number of methoxy groups -OCH3 is 1. The number of urea groups is 1. The van der Waals surface area contributed by atoms with Crippen molar-refractivity contribution in [3.05, 3.63) is 46.2 Å². The Labute approximate surface area is 158 Å². The van der Waals surface area contributed by atoms with Gasteiger partial charge in [0.1, 0.15) is 11.5 Å². The van der Waals surface area contributed by atoms with Crippen LogP contribution in [-0.4, -0.2) is 37.7 Å². The summed E-state index contributed by atoms with van der Waals surface area (Å²) in [5.41, 5.74) is 0. The van der Waals surface area contributed by atoms with Crippen molar-refractivity contribution in [1.29, 1.82) is 0 Å². The molecule has 1 aromatic carbocycles. The van der Waals surface area contributed by atoms with Gasteiger partial charge in [0.15, 0.2) is 0 Å². The fourth-order valence-electron chi connectivity index (χ4n) is 3.15. The zero-order chi connectivity index (χ0) is 18.4. The van der Waals surface area contributed by atoms with Gasteiger partial charge in [0.2, 0.25) is 0 Å². The van der Waals surface area contributed by atoms with Crippen LogP contribution in [0.1, 0.15) is 22.6 Å². The molecule has 1 aliphatic rings. The summed E-state index contributed by atoms with van der Waals surface area (Å²) in [6.07, 6.45) is 2.09. The molecular weight excluding hydrogens is 348 g/mol. The second-order valence-corrected chi connectivity index (χ2v) is 7.99. The maximum absolute atomic E-state index is 12.4. The van der Waals surface area contributed by atoms with Crippen molar-refractivity contribution in [2.45, 2.75) is 26.3 Å². The number of likely N-dealkylation sites (tertiary alicyclic amines) is 1. The zero-order valence-corrected chi connectivity index (χ0v) is 16.2. The topological polar surface area (TPSA) is 50.8 Å². The number of amides is 2. The van der Waals surface area contributed by atoms with E-state index >= 15 is 0 Å². The molecule has 2 aromatic rings. The van der Waals surface area contributed by atoms with Gasteiger partial charge in [-0.05, 0) is 44.0 Å². The molecule has 3 rings (SSSR count). The lowest BCUT2D eigenvalue weighted by Gasteiger charge is -2.32. The Balaban J connectivity index is 1.46. The van der Waals surface area contributed by atoms with Crippen LogP contribution in [0.2, 0.25) is 0 Å². The second kappa shape index (κ2) is 8.94. The maximum atomic E-state index is 12.4. The molecule has 1 aliphatic heterocycles. The highest BCUT2D eigenvalue weighted by Gasteiger charge is 2.24. The molecule has 5 nitrogen and oxygen atoms in total. The van der Waals surface area contributed by atoms with Gasteiger partial charge in [0.25, 0.3) is 0 Å². The Hall–Kier alpha value is -2.21. The predicted octanol–water partition coefficient (Wildman–Crippen LogP) is 4.07. The Kier molecular flexibility index (Phi) is 6.39. The normalized spacial score (nSPS) is 17.0. The van der Waals surface area contributed by atoms with Gasteiger partial charge in [-0.3, -0.25) is 0 Å². The molecule has 1 atom stereocenters. The fourth-order valence-corrected chi connectivity index (χ4v) is 3.98. The maximum Gasteiger partial charge on any atom is 0.317 e. The molecule has 2 heterocycles. The molecule has 0 bridgehead atoms. The fraction of sp³-hybridized carbons (Fsp3) is 0.450. The molecule has 1 unspecified atom stereocenters. The summed E-state index contributed by atoms with van der Waals surface area (Å²) in [7, 11) is 1.65. The lowest BCUT2D eigenvalue weighted by molar-refractivity contribution is 0.137.